The Kier molecular flexibility index (Phi) is 10.9. The highest BCUT2D eigenvalue weighted by molar-refractivity contribution is 6.02. The van der Waals surface area contributed by atoms with Crippen molar-refractivity contribution in [2.24, 2.45) is 0 Å². The molecule has 0 heterocycles. The molecule has 0 radical (unpaired) electrons. The Hall–Kier alpha value is -3.08. The van der Waals surface area contributed by atoms with Crippen molar-refractivity contribution in [3.8, 4) is 5.75 Å². The molecule has 0 aliphatic rings. The number of para-hydroxylation sites is 1. The molecule has 5 nitrogen and oxygen atoms in total. The second-order valence-corrected chi connectivity index (χ2v) is 7.34. The predicted molar refractivity (Wildman–Crippen MR) is 125 cm³/mol. The Labute approximate surface area is 185 Å². The van der Waals surface area contributed by atoms with Crippen LogP contribution in [0.2, 0.25) is 0 Å². The van der Waals surface area contributed by atoms with Gasteiger partial charge in [0.05, 0.1) is 18.8 Å². The molecule has 0 spiro atoms. The molecule has 0 unspecified atom stereocenters. The zero-order valence-electron chi connectivity index (χ0n) is 18.6. The molecular weight excluding hydrogens is 390 g/mol. The molecule has 2 rings (SSSR count). The lowest BCUT2D eigenvalue weighted by atomic mass is 10.2. The van der Waals surface area contributed by atoms with Crippen LogP contribution in [-0.4, -0.2) is 25.1 Å². The molecule has 0 aromatic heterocycles. The van der Waals surface area contributed by atoms with Crippen LogP contribution in [0.15, 0.2) is 54.6 Å². The SMILES string of the molecule is CCCCCCOC(=O)c1ccc(NC(=O)/C=C/c2ccccc2OCCCC)cc1. The van der Waals surface area contributed by atoms with E-state index in [9.17, 15) is 9.59 Å². The van der Waals surface area contributed by atoms with Crippen LogP contribution < -0.4 is 10.1 Å². The van der Waals surface area contributed by atoms with Crippen molar-refractivity contribution in [2.75, 3.05) is 18.5 Å². The third-order valence-electron chi connectivity index (χ3n) is 4.71. The van der Waals surface area contributed by atoms with Crippen molar-refractivity contribution in [2.45, 2.75) is 52.4 Å². The monoisotopic (exact) mass is 423 g/mol. The van der Waals surface area contributed by atoms with Crippen molar-refractivity contribution >= 4 is 23.6 Å². The number of amides is 1. The van der Waals surface area contributed by atoms with E-state index in [2.05, 4.69) is 19.2 Å². The van der Waals surface area contributed by atoms with Gasteiger partial charge >= 0.3 is 5.97 Å². The Balaban J connectivity index is 1.85. The lowest BCUT2D eigenvalue weighted by molar-refractivity contribution is -0.111. The summed E-state index contributed by atoms with van der Waals surface area (Å²) in [5.74, 6) is 0.168. The second kappa shape index (κ2) is 14.0. The molecule has 0 bridgehead atoms. The molecule has 0 fully saturated rings. The minimum atomic E-state index is -0.339. The topological polar surface area (TPSA) is 64.6 Å². The fraction of sp³-hybridized carbons (Fsp3) is 0.385. The van der Waals surface area contributed by atoms with Gasteiger partial charge in [0.2, 0.25) is 5.91 Å². The first-order valence-electron chi connectivity index (χ1n) is 11.1. The lowest BCUT2D eigenvalue weighted by Crippen LogP contribution is -2.09. The third kappa shape index (κ3) is 9.08. The van der Waals surface area contributed by atoms with E-state index < -0.39 is 0 Å². The van der Waals surface area contributed by atoms with Crippen molar-refractivity contribution in [1.82, 2.24) is 0 Å². The number of benzene rings is 2. The summed E-state index contributed by atoms with van der Waals surface area (Å²) in [6.45, 7) is 5.35. The standard InChI is InChI=1S/C26H33NO4/c1-3-5-7-10-20-31-26(29)22-13-16-23(17-14-22)27-25(28)18-15-21-11-8-9-12-24(21)30-19-6-4-2/h8-9,11-18H,3-7,10,19-20H2,1-2H3,(H,27,28)/b18-15+. The summed E-state index contributed by atoms with van der Waals surface area (Å²) in [5.41, 5.74) is 1.94. The van der Waals surface area contributed by atoms with Crippen molar-refractivity contribution in [3.63, 3.8) is 0 Å². The normalized spacial score (nSPS) is 10.8. The predicted octanol–water partition coefficient (Wildman–Crippen LogP) is 6.25. The molecule has 5 heteroatoms. The van der Waals surface area contributed by atoms with Gasteiger partial charge in [-0.05, 0) is 49.2 Å². The number of hydrogen-bond donors (Lipinski definition) is 1. The van der Waals surface area contributed by atoms with E-state index in [1.54, 1.807) is 30.3 Å². The van der Waals surface area contributed by atoms with E-state index in [1.165, 1.54) is 6.08 Å². The van der Waals surface area contributed by atoms with Gasteiger partial charge in [0.25, 0.3) is 0 Å². The van der Waals surface area contributed by atoms with Gasteiger partial charge in [-0.1, -0.05) is 57.7 Å². The maximum absolute atomic E-state index is 12.3. The number of nitrogens with one attached hydrogen (secondary N) is 1. The number of unbranched alkanes of at least 4 members (excludes halogenated alkanes) is 4. The molecule has 0 saturated heterocycles. The molecule has 166 valence electrons. The van der Waals surface area contributed by atoms with Gasteiger partial charge in [-0.2, -0.15) is 0 Å². The lowest BCUT2D eigenvalue weighted by Gasteiger charge is -2.08. The van der Waals surface area contributed by atoms with Crippen LogP contribution >= 0.6 is 0 Å². The average Bonchev–Trinajstić information content (AvgIpc) is 2.79. The van der Waals surface area contributed by atoms with E-state index >= 15 is 0 Å². The first-order valence-corrected chi connectivity index (χ1v) is 11.1. The number of carbonyl (C=O) groups is 2. The van der Waals surface area contributed by atoms with E-state index in [1.807, 2.05) is 24.3 Å². The second-order valence-electron chi connectivity index (χ2n) is 7.34. The van der Waals surface area contributed by atoms with Crippen LogP contribution in [-0.2, 0) is 9.53 Å². The maximum Gasteiger partial charge on any atom is 0.338 e. The Morgan fingerprint density at radius 2 is 1.61 bits per heavy atom. The van der Waals surface area contributed by atoms with E-state index in [4.69, 9.17) is 9.47 Å². The van der Waals surface area contributed by atoms with Gasteiger partial charge in [-0.25, -0.2) is 4.79 Å². The van der Waals surface area contributed by atoms with Gasteiger partial charge in [0.15, 0.2) is 0 Å². The molecule has 1 N–H and O–H groups in total. The van der Waals surface area contributed by atoms with Crippen LogP contribution in [0.25, 0.3) is 6.08 Å². The minimum Gasteiger partial charge on any atom is -0.493 e. The minimum absolute atomic E-state index is 0.255. The van der Waals surface area contributed by atoms with Crippen LogP contribution in [0.5, 0.6) is 5.75 Å². The first-order chi connectivity index (χ1) is 15.1. The molecular formula is C26H33NO4. The van der Waals surface area contributed by atoms with E-state index in [-0.39, 0.29) is 11.9 Å². The summed E-state index contributed by atoms with van der Waals surface area (Å²) < 4.78 is 11.1. The summed E-state index contributed by atoms with van der Waals surface area (Å²) >= 11 is 0. The first kappa shape index (κ1) is 24.2. The van der Waals surface area contributed by atoms with Gasteiger partial charge in [0.1, 0.15) is 5.75 Å². The van der Waals surface area contributed by atoms with Gasteiger partial charge in [-0.3, -0.25) is 4.79 Å². The number of rotatable bonds is 13. The smallest absolute Gasteiger partial charge is 0.338 e. The van der Waals surface area contributed by atoms with E-state index in [0.29, 0.717) is 24.5 Å². The third-order valence-corrected chi connectivity index (χ3v) is 4.71. The summed E-state index contributed by atoms with van der Waals surface area (Å²) in [7, 11) is 0. The Bertz CT molecular complexity index is 843. The number of anilines is 1. The van der Waals surface area contributed by atoms with Crippen molar-refractivity contribution in [1.29, 1.82) is 0 Å². The zero-order valence-corrected chi connectivity index (χ0v) is 18.6. The van der Waals surface area contributed by atoms with Crippen LogP contribution in [0, 0.1) is 0 Å². The van der Waals surface area contributed by atoms with Crippen LogP contribution in [0.3, 0.4) is 0 Å². The summed E-state index contributed by atoms with van der Waals surface area (Å²) in [5, 5.41) is 2.80. The summed E-state index contributed by atoms with van der Waals surface area (Å²) in [4.78, 5) is 24.3. The molecule has 0 aliphatic heterocycles. The molecule has 1 amide bonds. The molecule has 0 atom stereocenters. The molecule has 31 heavy (non-hydrogen) atoms. The number of hydrogen-bond acceptors (Lipinski definition) is 4. The number of esters is 1. The summed E-state index contributed by atoms with van der Waals surface area (Å²) in [6.07, 6.45) is 9.51. The van der Waals surface area contributed by atoms with Crippen LogP contribution in [0.1, 0.15) is 68.3 Å². The largest absolute Gasteiger partial charge is 0.493 e. The molecule has 0 saturated carbocycles. The molecule has 0 aliphatic carbocycles. The zero-order chi connectivity index (χ0) is 22.3. The highest BCUT2D eigenvalue weighted by Gasteiger charge is 2.07. The van der Waals surface area contributed by atoms with Gasteiger partial charge < -0.3 is 14.8 Å². The molecule has 2 aromatic carbocycles. The Morgan fingerprint density at radius 3 is 2.35 bits per heavy atom. The number of ether oxygens (including phenoxy) is 2. The highest BCUT2D eigenvalue weighted by atomic mass is 16.5. The fourth-order valence-electron chi connectivity index (χ4n) is 2.89. The Morgan fingerprint density at radius 1 is 0.871 bits per heavy atom. The van der Waals surface area contributed by atoms with E-state index in [0.717, 1.165) is 49.8 Å². The van der Waals surface area contributed by atoms with Crippen molar-refractivity contribution in [3.05, 3.63) is 65.7 Å². The van der Waals surface area contributed by atoms with Gasteiger partial charge in [0, 0.05) is 17.3 Å². The maximum atomic E-state index is 12.3. The summed E-state index contributed by atoms with van der Waals surface area (Å²) in [6, 6.07) is 14.3. The quantitative estimate of drug-likeness (QED) is 0.235. The fourth-order valence-corrected chi connectivity index (χ4v) is 2.89. The highest BCUT2D eigenvalue weighted by Crippen LogP contribution is 2.20. The van der Waals surface area contributed by atoms with Gasteiger partial charge in [-0.15, -0.1) is 0 Å². The van der Waals surface area contributed by atoms with Crippen molar-refractivity contribution < 1.29 is 19.1 Å². The molecule has 2 aromatic rings. The number of carbonyl (C=O) groups excluding carboxylic acids is 2. The average molecular weight is 424 g/mol. The van der Waals surface area contributed by atoms with Crippen LogP contribution in [0.4, 0.5) is 5.69 Å².